The van der Waals surface area contributed by atoms with Crippen LogP contribution in [0.25, 0.3) is 0 Å². The van der Waals surface area contributed by atoms with E-state index in [0.717, 1.165) is 6.42 Å². The Hall–Kier alpha value is -1.35. The maximum atomic E-state index is 7.37. The molecule has 1 fully saturated rings. The largest absolute Gasteiger partial charge is 0.377 e. The lowest BCUT2D eigenvalue weighted by atomic mass is 10.2. The first-order valence-corrected chi connectivity index (χ1v) is 14.6. The Balaban J connectivity index is 1.68. The fourth-order valence-electron chi connectivity index (χ4n) is 4.92. The summed E-state index contributed by atoms with van der Waals surface area (Å²) in [5.74, 6) is 0. The van der Waals surface area contributed by atoms with Crippen molar-refractivity contribution in [1.82, 2.24) is 0 Å². The third-order valence-corrected chi connectivity index (χ3v) is 14.6. The van der Waals surface area contributed by atoms with Crippen molar-refractivity contribution in [3.8, 4) is 0 Å². The van der Waals surface area contributed by atoms with E-state index in [9.17, 15) is 0 Å². The van der Waals surface area contributed by atoms with Crippen LogP contribution in [0.3, 0.4) is 0 Å². The molecule has 0 N–H and O–H groups in total. The zero-order chi connectivity index (χ0) is 20.3. The van der Waals surface area contributed by atoms with Crippen molar-refractivity contribution in [2.45, 2.75) is 37.5 Å². The topological polar surface area (TPSA) is 0 Å². The van der Waals surface area contributed by atoms with Crippen molar-refractivity contribution in [3.63, 3.8) is 0 Å². The van der Waals surface area contributed by atoms with E-state index in [1.54, 1.807) is 0 Å². The molecule has 0 bridgehead atoms. The molecule has 4 radical (unpaired) electrons. The molecule has 0 saturated carbocycles. The van der Waals surface area contributed by atoms with Gasteiger partial charge in [-0.3, -0.25) is 0 Å². The predicted octanol–water partition coefficient (Wildman–Crippen LogP) is 5.11. The Bertz CT molecular complexity index is 878. The minimum atomic E-state index is -2.00. The fourth-order valence-corrected chi connectivity index (χ4v) is 12.1. The second-order valence-corrected chi connectivity index (χ2v) is 15.3. The molecule has 1 aliphatic heterocycles. The highest BCUT2D eigenvalue weighted by atomic mass is 31.2. The molecule has 1 saturated heterocycles. The molecule has 4 rings (SSSR count). The second kappa shape index (κ2) is 8.79. The van der Waals surface area contributed by atoms with Crippen molar-refractivity contribution in [2.75, 3.05) is 6.16 Å². The van der Waals surface area contributed by atoms with Crippen molar-refractivity contribution in [3.05, 3.63) is 91.0 Å². The molecule has 29 heavy (non-hydrogen) atoms. The molecular formula is C25H28B2P2+2. The molecule has 3 atom stereocenters. The van der Waals surface area contributed by atoms with Gasteiger partial charge in [-0.25, -0.2) is 0 Å². The third-order valence-electron chi connectivity index (χ3n) is 6.63. The van der Waals surface area contributed by atoms with Gasteiger partial charge in [0.25, 0.3) is 0 Å². The summed E-state index contributed by atoms with van der Waals surface area (Å²) in [4.78, 5) is 0. The lowest BCUT2D eigenvalue weighted by Gasteiger charge is -2.34. The minimum Gasteiger partial charge on any atom is -0.0620 e. The molecule has 0 nitrogen and oxygen atoms in total. The molecule has 3 aromatic carbocycles. The standard InChI is InChI=1S/C25H28B2P2/c1-21(20-25-18-11-19-28(25,26)22-12-5-2-6-13-22)29(27,23-14-7-3-8-15-23)24-16-9-4-10-17-24/h2-10,12-17,21,25H,11,18-20H2,1H3/q+2/t21-,25+,28?/m0/s1. The average molecular weight is 412 g/mol. The molecule has 3 aromatic rings. The Labute approximate surface area is 179 Å². The van der Waals surface area contributed by atoms with Crippen LogP contribution < -0.4 is 15.9 Å². The monoisotopic (exact) mass is 412 g/mol. The van der Waals surface area contributed by atoms with Crippen LogP contribution in [0.1, 0.15) is 26.2 Å². The van der Waals surface area contributed by atoms with Gasteiger partial charge in [0, 0.05) is 19.7 Å². The highest BCUT2D eigenvalue weighted by Crippen LogP contribution is 2.67. The van der Waals surface area contributed by atoms with Crippen LogP contribution in [0.4, 0.5) is 0 Å². The molecule has 0 spiro atoms. The van der Waals surface area contributed by atoms with E-state index < -0.39 is 14.3 Å². The smallest absolute Gasteiger partial charge is 0.0620 e. The van der Waals surface area contributed by atoms with Crippen molar-refractivity contribution >= 4 is 45.3 Å². The molecular weight excluding hydrogens is 384 g/mol. The molecule has 1 aliphatic rings. The van der Waals surface area contributed by atoms with Gasteiger partial charge >= 0.3 is 15.1 Å². The third kappa shape index (κ3) is 4.00. The Kier molecular flexibility index (Phi) is 6.34. The summed E-state index contributed by atoms with van der Waals surface area (Å²) in [6, 6.07) is 32.3. The highest BCUT2D eigenvalue weighted by Gasteiger charge is 2.51. The van der Waals surface area contributed by atoms with Gasteiger partial charge < -0.3 is 0 Å². The number of hydrogen-bond donors (Lipinski definition) is 0. The lowest BCUT2D eigenvalue weighted by Crippen LogP contribution is -2.33. The first kappa shape index (κ1) is 20.9. The van der Waals surface area contributed by atoms with Crippen LogP contribution in [0, 0.1) is 0 Å². The normalized spacial score (nSPS) is 23.0. The van der Waals surface area contributed by atoms with Crippen LogP contribution in [0.5, 0.6) is 0 Å². The summed E-state index contributed by atoms with van der Waals surface area (Å²) in [5, 5.41) is 3.96. The Morgan fingerprint density at radius 1 is 0.862 bits per heavy atom. The fraction of sp³-hybridized carbons (Fsp3) is 0.280. The van der Waals surface area contributed by atoms with Crippen LogP contribution in [0.15, 0.2) is 91.0 Å². The first-order chi connectivity index (χ1) is 14.0. The van der Waals surface area contributed by atoms with E-state index in [-0.39, 0.29) is 0 Å². The summed E-state index contributed by atoms with van der Waals surface area (Å²) in [6.45, 7) is 2.36. The molecule has 142 valence electrons. The van der Waals surface area contributed by atoms with E-state index in [1.165, 1.54) is 34.9 Å². The highest BCUT2D eigenvalue weighted by molar-refractivity contribution is 8.09. The first-order valence-electron chi connectivity index (χ1n) is 10.6. The minimum absolute atomic E-state index is 0.391. The Morgan fingerprint density at radius 2 is 1.34 bits per heavy atom. The molecule has 4 heteroatoms. The average Bonchev–Trinajstić information content (AvgIpc) is 3.16. The summed E-state index contributed by atoms with van der Waals surface area (Å²) in [5.41, 5.74) is 0.956. The SMILES string of the molecule is [B][P+]1(c2ccccc2)CCC[C@@H]1C[C@H](C)[P+]([B])(c1ccccc1)c1ccccc1. The lowest BCUT2D eigenvalue weighted by molar-refractivity contribution is 0.704. The molecule has 0 amide bonds. The summed E-state index contributed by atoms with van der Waals surface area (Å²) < 4.78 is 0. The maximum Gasteiger partial charge on any atom is 0.377 e. The summed E-state index contributed by atoms with van der Waals surface area (Å²) in [6.07, 6.45) is 4.74. The van der Waals surface area contributed by atoms with Gasteiger partial charge in [0.1, 0.15) is 0 Å². The van der Waals surface area contributed by atoms with Gasteiger partial charge in [0.05, 0.1) is 27.2 Å². The summed E-state index contributed by atoms with van der Waals surface area (Å²) >= 11 is 0. The maximum absolute atomic E-state index is 7.37. The van der Waals surface area contributed by atoms with Gasteiger partial charge in [-0.15, -0.1) is 0 Å². The van der Waals surface area contributed by atoms with Gasteiger partial charge in [-0.2, -0.15) is 0 Å². The second-order valence-electron chi connectivity index (χ2n) is 8.32. The number of hydrogen-bond acceptors (Lipinski definition) is 0. The van der Waals surface area contributed by atoms with Crippen molar-refractivity contribution < 1.29 is 0 Å². The van der Waals surface area contributed by atoms with Crippen molar-refractivity contribution in [2.24, 2.45) is 0 Å². The number of rotatable bonds is 6. The van der Waals surface area contributed by atoms with E-state index in [1.807, 2.05) is 0 Å². The zero-order valence-electron chi connectivity index (χ0n) is 17.2. The van der Waals surface area contributed by atoms with E-state index in [4.69, 9.17) is 15.1 Å². The van der Waals surface area contributed by atoms with E-state index in [0.29, 0.717) is 11.3 Å². The molecule has 1 heterocycles. The van der Waals surface area contributed by atoms with Crippen LogP contribution >= 0.6 is 14.3 Å². The van der Waals surface area contributed by atoms with Crippen LogP contribution in [-0.2, 0) is 0 Å². The van der Waals surface area contributed by atoms with E-state index in [2.05, 4.69) is 97.9 Å². The summed E-state index contributed by atoms with van der Waals surface area (Å²) in [7, 11) is 10.9. The van der Waals surface area contributed by atoms with Crippen LogP contribution in [0.2, 0.25) is 0 Å². The Morgan fingerprint density at radius 3 is 1.86 bits per heavy atom. The van der Waals surface area contributed by atoms with Gasteiger partial charge in [0.2, 0.25) is 0 Å². The van der Waals surface area contributed by atoms with Crippen molar-refractivity contribution in [1.29, 1.82) is 0 Å². The number of benzene rings is 3. The quantitative estimate of drug-likeness (QED) is 0.390. The van der Waals surface area contributed by atoms with Gasteiger partial charge in [-0.05, 0) is 63.3 Å². The van der Waals surface area contributed by atoms with Gasteiger partial charge in [0.15, 0.2) is 0 Å². The molecule has 1 unspecified atom stereocenters. The predicted molar refractivity (Wildman–Crippen MR) is 136 cm³/mol. The molecule has 0 aromatic heterocycles. The van der Waals surface area contributed by atoms with Crippen LogP contribution in [-0.4, -0.2) is 32.6 Å². The molecule has 0 aliphatic carbocycles. The van der Waals surface area contributed by atoms with Gasteiger partial charge in [-0.1, -0.05) is 54.6 Å². The van der Waals surface area contributed by atoms with E-state index >= 15 is 0 Å². The zero-order valence-corrected chi connectivity index (χ0v) is 19.0.